The number of unbranched alkanes of at least 4 members (excludes halogenated alkanes) is 13. The van der Waals surface area contributed by atoms with Gasteiger partial charge in [-0.05, 0) is 51.4 Å². The second-order valence-electron chi connectivity index (χ2n) is 13.9. The first-order valence-electron chi connectivity index (χ1n) is 19.2. The van der Waals surface area contributed by atoms with E-state index < -0.39 is 24.3 Å². The van der Waals surface area contributed by atoms with Gasteiger partial charge in [0.05, 0.1) is 34.4 Å². The molecule has 0 aromatic rings. The lowest BCUT2D eigenvalue weighted by atomic mass is 10.1. The van der Waals surface area contributed by atoms with E-state index in [-0.39, 0.29) is 32.2 Å². The predicted molar refractivity (Wildman–Crippen MR) is 198 cm³/mol. The molecule has 0 radical (unpaired) electrons. The van der Waals surface area contributed by atoms with Gasteiger partial charge in [0.2, 0.25) is 0 Å². The maximum Gasteiger partial charge on any atom is 0.361 e. The molecule has 0 aliphatic carbocycles. The molecule has 0 saturated carbocycles. The number of likely N-dealkylation sites (N-methyl/N-ethyl adjacent to an activating group) is 1. The van der Waals surface area contributed by atoms with Crippen molar-refractivity contribution in [3.8, 4) is 0 Å². The van der Waals surface area contributed by atoms with Crippen molar-refractivity contribution in [1.29, 1.82) is 0 Å². The van der Waals surface area contributed by atoms with Crippen LogP contribution in [0.25, 0.3) is 0 Å². The Morgan fingerprint density at radius 3 is 1.67 bits per heavy atom. The first-order valence-corrected chi connectivity index (χ1v) is 19.2. The molecule has 0 aliphatic rings. The third-order valence-corrected chi connectivity index (χ3v) is 7.90. The Kier molecular flexibility index (Phi) is 31.0. The summed E-state index contributed by atoms with van der Waals surface area (Å²) in [5.41, 5.74) is 0. The lowest BCUT2D eigenvalue weighted by molar-refractivity contribution is -0.870. The lowest BCUT2D eigenvalue weighted by Crippen LogP contribution is -2.40. The number of nitrogens with zero attached hydrogens (tertiary/aromatic N) is 1. The number of hydrogen-bond acceptors (Lipinski definition) is 7. The van der Waals surface area contributed by atoms with Crippen molar-refractivity contribution in [1.82, 2.24) is 0 Å². The Morgan fingerprint density at radius 1 is 0.612 bits per heavy atom. The number of esters is 2. The highest BCUT2D eigenvalue weighted by Crippen LogP contribution is 2.12. The fraction of sp³-hybridized carbons (Fsp3) is 0.775. The van der Waals surface area contributed by atoms with E-state index in [0.717, 1.165) is 77.0 Å². The van der Waals surface area contributed by atoms with E-state index in [1.54, 1.807) is 0 Å². The molecule has 0 heterocycles. The molecule has 0 saturated heterocycles. The van der Waals surface area contributed by atoms with Crippen LogP contribution in [0, 0.1) is 0 Å². The van der Waals surface area contributed by atoms with Gasteiger partial charge in [-0.1, -0.05) is 115 Å². The zero-order chi connectivity index (χ0) is 36.4. The largest absolute Gasteiger partial charge is 0.477 e. The van der Waals surface area contributed by atoms with Crippen LogP contribution in [-0.4, -0.2) is 87.4 Å². The molecule has 0 amide bonds. The molecule has 0 spiro atoms. The monoisotopic (exact) mass is 695 g/mol. The van der Waals surface area contributed by atoms with Crippen molar-refractivity contribution < 1.29 is 42.9 Å². The lowest BCUT2D eigenvalue weighted by Gasteiger charge is -2.25. The number of carbonyl (C=O) groups is 3. The molecule has 49 heavy (non-hydrogen) atoms. The highest BCUT2D eigenvalue weighted by atomic mass is 16.7. The number of carbonyl (C=O) groups excluding carboxylic acids is 2. The van der Waals surface area contributed by atoms with Gasteiger partial charge in [0.1, 0.15) is 13.2 Å². The number of rotatable bonds is 34. The molecule has 1 N–H and O–H groups in total. The molecule has 0 rings (SSSR count). The highest BCUT2D eigenvalue weighted by Gasteiger charge is 2.25. The SMILES string of the molecule is CCCCC/C=C\C/C=C\C/C=C\CCCCCCCCC(=O)OC(COC(=O)CCCCCCC)COC(OCC[N+](C)(C)C)C(=O)O. The molecular formula is C40H72NO8+. The molecule has 0 aliphatic heterocycles. The summed E-state index contributed by atoms with van der Waals surface area (Å²) >= 11 is 0. The summed E-state index contributed by atoms with van der Waals surface area (Å²) in [6.45, 7) is 4.70. The average molecular weight is 695 g/mol. The van der Waals surface area contributed by atoms with E-state index >= 15 is 0 Å². The minimum Gasteiger partial charge on any atom is -0.477 e. The second-order valence-corrected chi connectivity index (χ2v) is 13.9. The number of aliphatic carboxylic acids is 1. The molecule has 0 aromatic heterocycles. The van der Waals surface area contributed by atoms with E-state index in [1.807, 2.05) is 21.1 Å². The normalized spacial score (nSPS) is 13.4. The van der Waals surface area contributed by atoms with Crippen molar-refractivity contribution >= 4 is 17.9 Å². The third-order valence-electron chi connectivity index (χ3n) is 7.90. The number of carboxylic acids is 1. The molecule has 2 atom stereocenters. The molecule has 2 unspecified atom stereocenters. The van der Waals surface area contributed by atoms with Crippen LogP contribution in [0.3, 0.4) is 0 Å². The third kappa shape index (κ3) is 33.8. The van der Waals surface area contributed by atoms with Gasteiger partial charge in [0.25, 0.3) is 6.29 Å². The fourth-order valence-electron chi connectivity index (χ4n) is 4.84. The number of quaternary nitrogens is 1. The standard InChI is InChI=1S/C40H71NO8/c1-6-8-10-12-13-14-15-16-17-18-19-20-21-22-23-24-25-27-29-31-38(43)49-36(34-47-37(42)30-28-26-11-9-7-2)35-48-40(39(44)45)46-33-32-41(3,4)5/h13-14,16-17,19-20,36,40H,6-12,15,18,21-35H2,1-5H3/p+1/b14-13-,17-16-,20-19-. The van der Waals surface area contributed by atoms with Crippen LogP contribution in [-0.2, 0) is 33.3 Å². The van der Waals surface area contributed by atoms with Crippen LogP contribution >= 0.6 is 0 Å². The summed E-state index contributed by atoms with van der Waals surface area (Å²) in [6.07, 6.45) is 31.0. The molecule has 9 heteroatoms. The van der Waals surface area contributed by atoms with Crippen molar-refractivity contribution in [2.45, 2.75) is 155 Å². The number of ether oxygens (including phenoxy) is 4. The number of allylic oxidation sites excluding steroid dienone is 6. The smallest absolute Gasteiger partial charge is 0.361 e. The number of carboxylic acid groups (broad SMARTS) is 1. The summed E-state index contributed by atoms with van der Waals surface area (Å²) in [6, 6.07) is 0. The van der Waals surface area contributed by atoms with Crippen molar-refractivity contribution in [2.75, 3.05) is 47.5 Å². The molecule has 0 fully saturated rings. The van der Waals surface area contributed by atoms with Gasteiger partial charge in [0, 0.05) is 12.8 Å². The predicted octanol–water partition coefficient (Wildman–Crippen LogP) is 9.10. The van der Waals surface area contributed by atoms with Crippen LogP contribution in [0.1, 0.15) is 142 Å². The van der Waals surface area contributed by atoms with Gasteiger partial charge in [0.15, 0.2) is 6.10 Å². The second kappa shape index (κ2) is 32.7. The molecule has 284 valence electrons. The van der Waals surface area contributed by atoms with Crippen molar-refractivity contribution in [3.63, 3.8) is 0 Å². The molecule has 0 bridgehead atoms. The minimum atomic E-state index is -1.51. The Balaban J connectivity index is 4.40. The Labute approximate surface area is 299 Å². The van der Waals surface area contributed by atoms with E-state index in [4.69, 9.17) is 18.9 Å². The van der Waals surface area contributed by atoms with E-state index in [0.29, 0.717) is 23.9 Å². The van der Waals surface area contributed by atoms with Crippen LogP contribution in [0.4, 0.5) is 0 Å². The summed E-state index contributed by atoms with van der Waals surface area (Å²) in [7, 11) is 5.93. The number of hydrogen-bond donors (Lipinski definition) is 1. The van der Waals surface area contributed by atoms with Gasteiger partial charge < -0.3 is 28.5 Å². The zero-order valence-corrected chi connectivity index (χ0v) is 31.8. The summed E-state index contributed by atoms with van der Waals surface area (Å²) < 4.78 is 22.5. The molecular weight excluding hydrogens is 622 g/mol. The average Bonchev–Trinajstić information content (AvgIpc) is 3.05. The van der Waals surface area contributed by atoms with Crippen LogP contribution in [0.15, 0.2) is 36.5 Å². The Bertz CT molecular complexity index is 908. The Hall–Kier alpha value is -2.49. The summed E-state index contributed by atoms with van der Waals surface area (Å²) in [5.74, 6) is -2.05. The van der Waals surface area contributed by atoms with Gasteiger partial charge in [-0.2, -0.15) is 0 Å². The zero-order valence-electron chi connectivity index (χ0n) is 31.8. The van der Waals surface area contributed by atoms with Crippen LogP contribution in [0.2, 0.25) is 0 Å². The van der Waals surface area contributed by atoms with E-state index in [1.165, 1.54) is 32.1 Å². The fourth-order valence-corrected chi connectivity index (χ4v) is 4.84. The van der Waals surface area contributed by atoms with Gasteiger partial charge in [-0.3, -0.25) is 9.59 Å². The van der Waals surface area contributed by atoms with Crippen LogP contribution in [0.5, 0.6) is 0 Å². The molecule has 9 nitrogen and oxygen atoms in total. The van der Waals surface area contributed by atoms with E-state index in [2.05, 4.69) is 50.3 Å². The topological polar surface area (TPSA) is 108 Å². The van der Waals surface area contributed by atoms with Gasteiger partial charge in [-0.15, -0.1) is 0 Å². The first kappa shape index (κ1) is 46.5. The maximum atomic E-state index is 12.6. The van der Waals surface area contributed by atoms with E-state index in [9.17, 15) is 19.5 Å². The molecule has 0 aromatic carbocycles. The minimum absolute atomic E-state index is 0.184. The summed E-state index contributed by atoms with van der Waals surface area (Å²) in [4.78, 5) is 36.6. The summed E-state index contributed by atoms with van der Waals surface area (Å²) in [5, 5.41) is 9.54. The van der Waals surface area contributed by atoms with Gasteiger partial charge in [-0.25, -0.2) is 4.79 Å². The Morgan fingerprint density at radius 2 is 1.10 bits per heavy atom. The first-order chi connectivity index (χ1) is 23.6. The quantitative estimate of drug-likeness (QED) is 0.0234. The van der Waals surface area contributed by atoms with Crippen LogP contribution < -0.4 is 0 Å². The van der Waals surface area contributed by atoms with Crippen molar-refractivity contribution in [3.05, 3.63) is 36.5 Å². The van der Waals surface area contributed by atoms with Gasteiger partial charge >= 0.3 is 17.9 Å². The van der Waals surface area contributed by atoms with Crippen molar-refractivity contribution in [2.24, 2.45) is 0 Å². The maximum absolute atomic E-state index is 12.6. The highest BCUT2D eigenvalue weighted by molar-refractivity contribution is 5.71.